The van der Waals surface area contributed by atoms with E-state index < -0.39 is 0 Å². The van der Waals surface area contributed by atoms with Gasteiger partial charge in [0.2, 0.25) is 5.91 Å². The zero-order chi connectivity index (χ0) is 22.1. The highest BCUT2D eigenvalue weighted by Gasteiger charge is 2.35. The van der Waals surface area contributed by atoms with E-state index >= 15 is 0 Å². The zero-order valence-corrected chi connectivity index (χ0v) is 18.9. The first-order valence-corrected chi connectivity index (χ1v) is 10.8. The number of rotatable bonds is 5. The number of carbonyl (C=O) groups is 1. The lowest BCUT2D eigenvalue weighted by molar-refractivity contribution is -0.115. The number of hydrogen-bond donors (Lipinski definition) is 1. The van der Waals surface area contributed by atoms with Crippen LogP contribution in [0.2, 0.25) is 0 Å². The number of nitrogens with one attached hydrogen (secondary N) is 1. The van der Waals surface area contributed by atoms with Gasteiger partial charge in [-0.3, -0.25) is 4.79 Å². The predicted octanol–water partition coefficient (Wildman–Crippen LogP) is 4.37. The molecule has 31 heavy (non-hydrogen) atoms. The molecule has 0 fully saturated rings. The van der Waals surface area contributed by atoms with E-state index in [-0.39, 0.29) is 16.4 Å². The van der Waals surface area contributed by atoms with Gasteiger partial charge in [0.05, 0.1) is 43.2 Å². The number of para-hydroxylation sites is 1. The Labute approximate surface area is 185 Å². The van der Waals surface area contributed by atoms with Gasteiger partial charge in [-0.25, -0.2) is 4.68 Å². The third-order valence-corrected chi connectivity index (χ3v) is 6.74. The molecule has 0 spiro atoms. The second-order valence-electron chi connectivity index (χ2n) is 7.19. The summed E-state index contributed by atoms with van der Waals surface area (Å²) in [5.41, 5.74) is 3.56. The molecule has 7 nitrogen and oxygen atoms in total. The van der Waals surface area contributed by atoms with Crippen LogP contribution in [0.25, 0.3) is 5.69 Å². The molecular formula is C23H25N3O4S. The number of carbonyl (C=O) groups excluding carboxylic acids is 1. The fourth-order valence-electron chi connectivity index (χ4n) is 3.78. The van der Waals surface area contributed by atoms with E-state index in [1.54, 1.807) is 37.8 Å². The first-order valence-electron chi connectivity index (χ1n) is 9.89. The minimum absolute atomic E-state index is 0.0646. The fraction of sp³-hybridized carbons (Fsp3) is 0.304. The van der Waals surface area contributed by atoms with Gasteiger partial charge in [-0.05, 0) is 44.2 Å². The van der Waals surface area contributed by atoms with Crippen LogP contribution in [0.5, 0.6) is 17.2 Å². The second kappa shape index (κ2) is 8.55. The maximum Gasteiger partial charge on any atom is 0.238 e. The summed E-state index contributed by atoms with van der Waals surface area (Å²) in [4.78, 5) is 12.9. The molecule has 0 saturated carbocycles. The van der Waals surface area contributed by atoms with Crippen molar-refractivity contribution in [3.05, 3.63) is 59.3 Å². The van der Waals surface area contributed by atoms with Gasteiger partial charge < -0.3 is 19.5 Å². The molecule has 8 heteroatoms. The molecular weight excluding hydrogens is 414 g/mol. The fourth-order valence-corrected chi connectivity index (χ4v) is 5.12. The normalized spacial score (nSPS) is 18.0. The maximum atomic E-state index is 12.9. The SMILES string of the molecule is COc1ccc(-n2nc(C)c3c2NC(=O)[C@@H](C)S[C@@H]3c2cccc(OC)c2OC)cc1. The van der Waals surface area contributed by atoms with E-state index in [2.05, 4.69) is 5.32 Å². The van der Waals surface area contributed by atoms with Crippen molar-refractivity contribution in [3.63, 3.8) is 0 Å². The average molecular weight is 440 g/mol. The highest BCUT2D eigenvalue weighted by molar-refractivity contribution is 8.01. The second-order valence-corrected chi connectivity index (χ2v) is 8.64. The number of methoxy groups -OCH3 is 3. The zero-order valence-electron chi connectivity index (χ0n) is 18.1. The van der Waals surface area contributed by atoms with E-state index in [0.29, 0.717) is 17.3 Å². The topological polar surface area (TPSA) is 74.6 Å². The Morgan fingerprint density at radius 2 is 1.77 bits per heavy atom. The van der Waals surface area contributed by atoms with E-state index in [0.717, 1.165) is 28.3 Å². The third kappa shape index (κ3) is 3.72. The van der Waals surface area contributed by atoms with Crippen molar-refractivity contribution < 1.29 is 19.0 Å². The first kappa shape index (κ1) is 21.1. The lowest BCUT2D eigenvalue weighted by atomic mass is 10.0. The molecule has 0 radical (unpaired) electrons. The van der Waals surface area contributed by atoms with Crippen molar-refractivity contribution in [2.24, 2.45) is 0 Å². The van der Waals surface area contributed by atoms with E-state index in [1.807, 2.05) is 56.3 Å². The monoisotopic (exact) mass is 439 g/mol. The highest BCUT2D eigenvalue weighted by Crippen LogP contribution is 2.50. The Bertz CT molecular complexity index is 1110. The summed E-state index contributed by atoms with van der Waals surface area (Å²) in [6.45, 7) is 3.87. The first-order chi connectivity index (χ1) is 15.0. The van der Waals surface area contributed by atoms with Crippen LogP contribution in [-0.2, 0) is 4.79 Å². The van der Waals surface area contributed by atoms with Gasteiger partial charge >= 0.3 is 0 Å². The standard InChI is InChI=1S/C23H25N3O4S/c1-13-19-21(17-7-6-8-18(29-4)20(17)30-5)31-14(2)23(27)24-22(19)26(25-13)15-9-11-16(28-3)12-10-15/h6-12,14,21H,1-5H3,(H,24,27)/t14-,21-/m1/s1. The van der Waals surface area contributed by atoms with Crippen LogP contribution < -0.4 is 19.5 Å². The van der Waals surface area contributed by atoms with Crippen LogP contribution in [0.3, 0.4) is 0 Å². The number of aromatic nitrogens is 2. The minimum atomic E-state index is -0.267. The van der Waals surface area contributed by atoms with Gasteiger partial charge in [0, 0.05) is 11.1 Å². The van der Waals surface area contributed by atoms with Gasteiger partial charge in [-0.15, -0.1) is 11.8 Å². The molecule has 1 aromatic heterocycles. The molecule has 2 aromatic carbocycles. The largest absolute Gasteiger partial charge is 0.497 e. The number of anilines is 1. The summed E-state index contributed by atoms with van der Waals surface area (Å²) in [5.74, 6) is 2.67. The molecule has 3 aromatic rings. The number of fused-ring (bicyclic) bond motifs is 1. The molecule has 1 N–H and O–H groups in total. The van der Waals surface area contributed by atoms with Crippen LogP contribution in [0.4, 0.5) is 5.82 Å². The maximum absolute atomic E-state index is 12.9. The molecule has 4 rings (SSSR count). The minimum Gasteiger partial charge on any atom is -0.497 e. The van der Waals surface area contributed by atoms with Crippen LogP contribution in [-0.4, -0.2) is 42.3 Å². The van der Waals surface area contributed by atoms with Gasteiger partial charge in [0.15, 0.2) is 11.5 Å². The number of ether oxygens (including phenoxy) is 3. The number of amides is 1. The summed E-state index contributed by atoms with van der Waals surface area (Å²) in [6, 6.07) is 13.4. The number of hydrogen-bond acceptors (Lipinski definition) is 6. The Morgan fingerprint density at radius 3 is 2.42 bits per heavy atom. The molecule has 1 aliphatic heterocycles. The quantitative estimate of drug-likeness (QED) is 0.636. The van der Waals surface area contributed by atoms with Crippen LogP contribution in [0.15, 0.2) is 42.5 Å². The summed E-state index contributed by atoms with van der Waals surface area (Å²) in [7, 11) is 4.88. The van der Waals surface area contributed by atoms with Crippen LogP contribution in [0, 0.1) is 6.92 Å². The average Bonchev–Trinajstić information content (AvgIpc) is 3.04. The summed E-state index contributed by atoms with van der Waals surface area (Å²) in [6.07, 6.45) is 0. The summed E-state index contributed by atoms with van der Waals surface area (Å²) < 4.78 is 18.3. The van der Waals surface area contributed by atoms with Crippen molar-refractivity contribution in [2.75, 3.05) is 26.6 Å². The molecule has 2 heterocycles. The molecule has 2 atom stereocenters. The number of benzene rings is 2. The Kier molecular flexibility index (Phi) is 5.82. The van der Waals surface area contributed by atoms with E-state index in [9.17, 15) is 4.79 Å². The van der Waals surface area contributed by atoms with Crippen LogP contribution in [0.1, 0.15) is 29.0 Å². The molecule has 0 aliphatic carbocycles. The molecule has 0 bridgehead atoms. The lowest BCUT2D eigenvalue weighted by Crippen LogP contribution is -2.22. The highest BCUT2D eigenvalue weighted by atomic mass is 32.2. The Balaban J connectivity index is 1.91. The number of thioether (sulfide) groups is 1. The number of aryl methyl sites for hydroxylation is 1. The van der Waals surface area contributed by atoms with Crippen molar-refractivity contribution in [1.29, 1.82) is 0 Å². The molecule has 1 amide bonds. The van der Waals surface area contributed by atoms with Crippen molar-refractivity contribution in [2.45, 2.75) is 24.3 Å². The van der Waals surface area contributed by atoms with Gasteiger partial charge in [-0.2, -0.15) is 5.10 Å². The third-order valence-electron chi connectivity index (χ3n) is 5.35. The smallest absolute Gasteiger partial charge is 0.238 e. The molecule has 1 aliphatic rings. The van der Waals surface area contributed by atoms with Gasteiger partial charge in [0.25, 0.3) is 0 Å². The lowest BCUT2D eigenvalue weighted by Gasteiger charge is -2.21. The summed E-state index contributed by atoms with van der Waals surface area (Å²) in [5, 5.41) is 7.43. The van der Waals surface area contributed by atoms with Gasteiger partial charge in [0.1, 0.15) is 11.6 Å². The van der Waals surface area contributed by atoms with Crippen molar-refractivity contribution >= 4 is 23.5 Å². The van der Waals surface area contributed by atoms with Crippen molar-refractivity contribution in [1.82, 2.24) is 9.78 Å². The van der Waals surface area contributed by atoms with Gasteiger partial charge in [-0.1, -0.05) is 12.1 Å². The number of nitrogens with zero attached hydrogens (tertiary/aromatic N) is 2. The summed E-state index contributed by atoms with van der Waals surface area (Å²) >= 11 is 1.57. The molecule has 0 unspecified atom stereocenters. The van der Waals surface area contributed by atoms with Crippen molar-refractivity contribution in [3.8, 4) is 22.9 Å². The molecule has 0 saturated heterocycles. The van der Waals surface area contributed by atoms with E-state index in [4.69, 9.17) is 19.3 Å². The molecule has 162 valence electrons. The Morgan fingerprint density at radius 1 is 1.03 bits per heavy atom. The predicted molar refractivity (Wildman–Crippen MR) is 122 cm³/mol. The van der Waals surface area contributed by atoms with Crippen LogP contribution >= 0.6 is 11.8 Å². The Hall–Kier alpha value is -3.13. The van der Waals surface area contributed by atoms with E-state index in [1.165, 1.54) is 0 Å².